The van der Waals surface area contributed by atoms with Crippen molar-refractivity contribution in [1.82, 2.24) is 25.0 Å². The number of carbonyl (C=O) groups is 1. The summed E-state index contributed by atoms with van der Waals surface area (Å²) in [5, 5.41) is 14.0. The molecule has 1 atom stereocenters. The molecule has 3 aromatic rings. The second-order valence-electron chi connectivity index (χ2n) is 9.70. The van der Waals surface area contributed by atoms with E-state index in [-0.39, 0.29) is 11.8 Å². The Kier molecular flexibility index (Phi) is 7.67. The lowest BCUT2D eigenvalue weighted by Gasteiger charge is -2.26. The van der Waals surface area contributed by atoms with Crippen LogP contribution in [0.15, 0.2) is 29.3 Å². The molecule has 2 aromatic heterocycles. The number of nitrogens with one attached hydrogen (secondary N) is 1. The van der Waals surface area contributed by atoms with E-state index in [1.54, 1.807) is 11.3 Å². The van der Waals surface area contributed by atoms with Crippen LogP contribution in [0.2, 0.25) is 5.02 Å². The van der Waals surface area contributed by atoms with Crippen molar-refractivity contribution in [3.63, 3.8) is 0 Å². The Bertz CT molecular complexity index is 1270. The predicted molar refractivity (Wildman–Crippen MR) is 146 cm³/mol. The molecular formula is C27H33ClN6OS. The molecule has 0 radical (unpaired) electrons. The molecule has 1 saturated heterocycles. The number of thiophene rings is 1. The largest absolute Gasteiger partial charge is 0.314 e. The summed E-state index contributed by atoms with van der Waals surface area (Å²) in [6.07, 6.45) is 2.85. The first-order chi connectivity index (χ1) is 17.4. The summed E-state index contributed by atoms with van der Waals surface area (Å²) in [6.45, 7) is 11.6. The summed E-state index contributed by atoms with van der Waals surface area (Å²) in [5.74, 6) is 1.78. The average molecular weight is 525 g/mol. The molecule has 4 heterocycles. The molecule has 0 spiro atoms. The summed E-state index contributed by atoms with van der Waals surface area (Å²) < 4.78 is 2.11. The summed E-state index contributed by atoms with van der Waals surface area (Å²) in [6, 6.07) is 7.42. The van der Waals surface area contributed by atoms with Crippen LogP contribution in [-0.2, 0) is 4.79 Å². The number of unbranched alkanes of at least 4 members (excludes halogenated alkanes) is 1. The molecule has 0 unspecified atom stereocenters. The molecule has 2 aliphatic rings. The van der Waals surface area contributed by atoms with Crippen LogP contribution in [0.5, 0.6) is 0 Å². The number of rotatable bonds is 8. The van der Waals surface area contributed by atoms with Crippen molar-refractivity contribution in [2.45, 2.75) is 52.5 Å². The number of fused-ring (bicyclic) bond motifs is 3. The van der Waals surface area contributed by atoms with Crippen LogP contribution in [0.4, 0.5) is 0 Å². The Hall–Kier alpha value is -2.39. The highest BCUT2D eigenvalue weighted by Gasteiger charge is 2.32. The van der Waals surface area contributed by atoms with E-state index >= 15 is 0 Å². The van der Waals surface area contributed by atoms with Crippen LogP contribution < -0.4 is 5.32 Å². The van der Waals surface area contributed by atoms with E-state index in [0.29, 0.717) is 17.9 Å². The number of hydrogen-bond donors (Lipinski definition) is 1. The van der Waals surface area contributed by atoms with Crippen molar-refractivity contribution in [3.05, 3.63) is 62.5 Å². The molecular weight excluding hydrogens is 492 g/mol. The zero-order valence-electron chi connectivity index (χ0n) is 21.2. The molecule has 0 saturated carbocycles. The molecule has 1 aromatic carbocycles. The SMILES string of the molecule is Cc1sc2c(c1C)C(c1ccc(Cl)cc1)=N[C@@H](CC(=O)CCCCN1CCNCC1)c1nnc(C)n1-2. The highest BCUT2D eigenvalue weighted by molar-refractivity contribution is 7.15. The Morgan fingerprint density at radius 3 is 2.61 bits per heavy atom. The number of hydrogen-bond acceptors (Lipinski definition) is 7. The molecule has 0 bridgehead atoms. The summed E-state index contributed by atoms with van der Waals surface area (Å²) >= 11 is 7.92. The zero-order valence-corrected chi connectivity index (χ0v) is 22.8. The van der Waals surface area contributed by atoms with Gasteiger partial charge in [0.05, 0.1) is 5.71 Å². The second kappa shape index (κ2) is 10.9. The Morgan fingerprint density at radius 2 is 1.86 bits per heavy atom. The maximum Gasteiger partial charge on any atom is 0.163 e. The van der Waals surface area contributed by atoms with Crippen LogP contribution in [0.1, 0.15) is 64.9 Å². The van der Waals surface area contributed by atoms with E-state index in [1.807, 2.05) is 31.2 Å². The van der Waals surface area contributed by atoms with Crippen molar-refractivity contribution in [2.75, 3.05) is 32.7 Å². The fourth-order valence-corrected chi connectivity index (χ4v) is 6.38. The quantitative estimate of drug-likeness (QED) is 0.427. The molecule has 190 valence electrons. The molecule has 7 nitrogen and oxygen atoms in total. The van der Waals surface area contributed by atoms with Gasteiger partial charge in [-0.2, -0.15) is 0 Å². The lowest BCUT2D eigenvalue weighted by Crippen LogP contribution is -2.43. The van der Waals surface area contributed by atoms with Crippen LogP contribution in [0.3, 0.4) is 0 Å². The van der Waals surface area contributed by atoms with Crippen molar-refractivity contribution in [1.29, 1.82) is 0 Å². The molecule has 9 heteroatoms. The number of benzene rings is 1. The van der Waals surface area contributed by atoms with Crippen molar-refractivity contribution >= 4 is 34.4 Å². The number of piperazine rings is 1. The third-order valence-corrected chi connectivity index (χ3v) is 8.61. The second-order valence-corrected chi connectivity index (χ2v) is 11.3. The van der Waals surface area contributed by atoms with E-state index in [9.17, 15) is 4.79 Å². The van der Waals surface area contributed by atoms with Gasteiger partial charge in [-0.05, 0) is 57.9 Å². The minimum absolute atomic E-state index is 0.227. The van der Waals surface area contributed by atoms with Crippen LogP contribution in [0, 0.1) is 20.8 Å². The highest BCUT2D eigenvalue weighted by Crippen LogP contribution is 2.39. The zero-order chi connectivity index (χ0) is 25.2. The van der Waals surface area contributed by atoms with Gasteiger partial charge in [0.1, 0.15) is 22.7 Å². The number of aromatic nitrogens is 3. The third kappa shape index (κ3) is 5.18. The normalized spacial score (nSPS) is 17.9. The Labute approximate surface area is 221 Å². The van der Waals surface area contributed by atoms with Gasteiger partial charge in [-0.3, -0.25) is 14.4 Å². The van der Waals surface area contributed by atoms with Gasteiger partial charge in [0.25, 0.3) is 0 Å². The topological polar surface area (TPSA) is 75.4 Å². The Morgan fingerprint density at radius 1 is 1.11 bits per heavy atom. The van der Waals surface area contributed by atoms with Gasteiger partial charge in [0.2, 0.25) is 0 Å². The number of carbonyl (C=O) groups excluding carboxylic acids is 1. The van der Waals surface area contributed by atoms with Gasteiger partial charge in [-0.15, -0.1) is 21.5 Å². The number of aryl methyl sites for hydroxylation is 2. The van der Waals surface area contributed by atoms with E-state index in [4.69, 9.17) is 16.6 Å². The molecule has 1 N–H and O–H groups in total. The van der Waals surface area contributed by atoms with Crippen LogP contribution in [0.25, 0.3) is 5.00 Å². The fourth-order valence-electron chi connectivity index (χ4n) is 5.04. The Balaban J connectivity index is 1.41. The van der Waals surface area contributed by atoms with E-state index in [2.05, 4.69) is 38.8 Å². The first-order valence-corrected chi connectivity index (χ1v) is 13.9. The van der Waals surface area contributed by atoms with E-state index in [0.717, 1.165) is 79.1 Å². The maximum atomic E-state index is 13.1. The van der Waals surface area contributed by atoms with Gasteiger partial charge < -0.3 is 10.2 Å². The minimum Gasteiger partial charge on any atom is -0.314 e. The van der Waals surface area contributed by atoms with E-state index in [1.165, 1.54) is 10.4 Å². The molecule has 0 aliphatic carbocycles. The van der Waals surface area contributed by atoms with Gasteiger partial charge in [-0.1, -0.05) is 23.7 Å². The third-order valence-electron chi connectivity index (χ3n) is 7.17. The minimum atomic E-state index is -0.378. The van der Waals surface area contributed by atoms with Crippen molar-refractivity contribution in [3.8, 4) is 5.00 Å². The number of ketones is 1. The highest BCUT2D eigenvalue weighted by atomic mass is 35.5. The lowest BCUT2D eigenvalue weighted by atomic mass is 9.99. The number of halogens is 1. The predicted octanol–water partition coefficient (Wildman–Crippen LogP) is 4.83. The number of nitrogens with zero attached hydrogens (tertiary/aromatic N) is 5. The molecule has 1 fully saturated rings. The summed E-state index contributed by atoms with van der Waals surface area (Å²) in [4.78, 5) is 22.1. The van der Waals surface area contributed by atoms with Gasteiger partial charge in [0, 0.05) is 60.0 Å². The summed E-state index contributed by atoms with van der Waals surface area (Å²) in [7, 11) is 0. The standard InChI is InChI=1S/C27H33ClN6OS/c1-17-18(2)36-27-24(17)25(20-7-9-21(28)10-8-20)30-23(26-32-31-19(3)34(26)27)16-22(35)6-4-5-13-33-14-11-29-12-15-33/h7-10,23,29H,4-6,11-16H2,1-3H3/t23-/m0/s1. The van der Waals surface area contributed by atoms with Crippen LogP contribution in [-0.4, -0.2) is 63.9 Å². The summed E-state index contributed by atoms with van der Waals surface area (Å²) in [5.41, 5.74) is 4.17. The first-order valence-electron chi connectivity index (χ1n) is 12.7. The first kappa shape index (κ1) is 25.3. The molecule has 36 heavy (non-hydrogen) atoms. The fraction of sp³-hybridized carbons (Fsp3) is 0.481. The number of Topliss-reactive ketones (excluding diaryl/α,β-unsaturated/α-hetero) is 1. The van der Waals surface area contributed by atoms with E-state index < -0.39 is 0 Å². The van der Waals surface area contributed by atoms with Crippen molar-refractivity contribution < 1.29 is 4.79 Å². The van der Waals surface area contributed by atoms with Gasteiger partial charge in [0.15, 0.2) is 5.82 Å². The van der Waals surface area contributed by atoms with Crippen LogP contribution >= 0.6 is 22.9 Å². The monoisotopic (exact) mass is 524 g/mol. The molecule has 2 aliphatic heterocycles. The lowest BCUT2D eigenvalue weighted by molar-refractivity contribution is -0.119. The molecule has 5 rings (SSSR count). The number of aliphatic imine (C=N–C) groups is 1. The smallest absolute Gasteiger partial charge is 0.163 e. The van der Waals surface area contributed by atoms with Gasteiger partial charge >= 0.3 is 0 Å². The van der Waals surface area contributed by atoms with Gasteiger partial charge in [-0.25, -0.2) is 0 Å². The average Bonchev–Trinajstić information content (AvgIpc) is 3.35. The maximum absolute atomic E-state index is 13.1. The molecule has 0 amide bonds. The van der Waals surface area contributed by atoms with Crippen molar-refractivity contribution in [2.24, 2.45) is 4.99 Å².